The van der Waals surface area contributed by atoms with Gasteiger partial charge < -0.3 is 19.5 Å². The van der Waals surface area contributed by atoms with Crippen LogP contribution in [0.1, 0.15) is 16.2 Å². The molecular weight excluding hydrogens is 376 g/mol. The molecule has 1 aliphatic heterocycles. The third-order valence-electron chi connectivity index (χ3n) is 5.81. The average molecular weight is 400 g/mol. The Morgan fingerprint density at radius 3 is 2.53 bits per heavy atom. The molecule has 0 bridgehead atoms. The highest BCUT2D eigenvalue weighted by Gasteiger charge is 2.25. The van der Waals surface area contributed by atoms with E-state index >= 15 is 0 Å². The highest BCUT2D eigenvalue weighted by atomic mass is 16.5. The van der Waals surface area contributed by atoms with Crippen molar-refractivity contribution in [3.05, 3.63) is 66.0 Å². The van der Waals surface area contributed by atoms with Crippen molar-refractivity contribution < 1.29 is 9.53 Å². The lowest BCUT2D eigenvalue weighted by molar-refractivity contribution is 0.0742. The summed E-state index contributed by atoms with van der Waals surface area (Å²) in [7, 11) is 1.69. The summed E-state index contributed by atoms with van der Waals surface area (Å²) in [4.78, 5) is 25.4. The van der Waals surface area contributed by atoms with Gasteiger partial charge in [0.1, 0.15) is 11.4 Å². The largest absolute Gasteiger partial charge is 0.495 e. The molecule has 0 spiro atoms. The van der Waals surface area contributed by atoms with Crippen LogP contribution < -0.4 is 9.64 Å². The number of amides is 1. The summed E-state index contributed by atoms with van der Waals surface area (Å²) in [5.41, 5.74) is 4.48. The zero-order valence-corrected chi connectivity index (χ0v) is 17.2. The summed E-state index contributed by atoms with van der Waals surface area (Å²) >= 11 is 0. The Morgan fingerprint density at radius 2 is 1.73 bits per heavy atom. The van der Waals surface area contributed by atoms with E-state index in [9.17, 15) is 4.79 Å². The Labute approximate surface area is 175 Å². The Morgan fingerprint density at radius 1 is 1.00 bits per heavy atom. The number of aromatic amines is 1. The Hall–Kier alpha value is -3.54. The summed E-state index contributed by atoms with van der Waals surface area (Å²) in [5, 5.41) is 2.08. The fourth-order valence-corrected chi connectivity index (χ4v) is 4.20. The number of hydrogen-bond acceptors (Lipinski definition) is 4. The van der Waals surface area contributed by atoms with E-state index in [4.69, 9.17) is 9.72 Å². The number of H-pyrrole nitrogens is 1. The molecule has 30 heavy (non-hydrogen) atoms. The van der Waals surface area contributed by atoms with Crippen LogP contribution in [0.2, 0.25) is 0 Å². The number of carbonyl (C=O) groups excluding carboxylic acids is 1. The molecule has 4 aromatic rings. The topological polar surface area (TPSA) is 61.5 Å². The Balaban J connectivity index is 1.37. The van der Waals surface area contributed by atoms with Gasteiger partial charge in [-0.2, -0.15) is 0 Å². The van der Waals surface area contributed by atoms with Gasteiger partial charge in [-0.3, -0.25) is 4.79 Å². The van der Waals surface area contributed by atoms with Gasteiger partial charge in [-0.15, -0.1) is 0 Å². The van der Waals surface area contributed by atoms with E-state index in [0.717, 1.165) is 52.0 Å². The monoisotopic (exact) mass is 400 g/mol. The Kier molecular flexibility index (Phi) is 4.54. The molecule has 1 fully saturated rings. The molecule has 6 heteroatoms. The van der Waals surface area contributed by atoms with E-state index in [1.54, 1.807) is 7.11 Å². The SMILES string of the molecule is COc1ccccc1N1CCN(C(=O)c2cc3ccc4ccc(C)[nH]c4c3n2)CC1. The molecule has 1 saturated heterocycles. The van der Waals surface area contributed by atoms with Gasteiger partial charge in [0.25, 0.3) is 5.91 Å². The number of methoxy groups -OCH3 is 1. The van der Waals surface area contributed by atoms with Crippen molar-refractivity contribution in [2.75, 3.05) is 38.2 Å². The normalized spacial score (nSPS) is 14.5. The number of para-hydroxylation sites is 2. The van der Waals surface area contributed by atoms with Crippen LogP contribution in [0.4, 0.5) is 5.69 Å². The Bertz CT molecular complexity index is 1240. The van der Waals surface area contributed by atoms with Crippen molar-refractivity contribution in [1.82, 2.24) is 14.9 Å². The molecule has 0 radical (unpaired) electrons. The van der Waals surface area contributed by atoms with E-state index in [-0.39, 0.29) is 5.91 Å². The summed E-state index contributed by atoms with van der Waals surface area (Å²) < 4.78 is 5.48. The molecule has 0 aliphatic carbocycles. The molecule has 1 amide bonds. The number of carbonyl (C=O) groups is 1. The van der Waals surface area contributed by atoms with Gasteiger partial charge in [0.15, 0.2) is 0 Å². The van der Waals surface area contributed by atoms with Gasteiger partial charge in [-0.05, 0) is 31.2 Å². The van der Waals surface area contributed by atoms with Crippen LogP contribution in [0, 0.1) is 6.92 Å². The molecule has 1 aliphatic rings. The van der Waals surface area contributed by atoms with E-state index < -0.39 is 0 Å². The standard InChI is InChI=1S/C24H24N4O2/c1-16-7-8-17-9-10-18-15-19(26-23(18)22(17)25-16)24(29)28-13-11-27(12-14-28)20-5-3-4-6-21(20)30-2/h3-10,15,25H,11-14H2,1-2H3. The van der Waals surface area contributed by atoms with Crippen molar-refractivity contribution in [1.29, 1.82) is 0 Å². The smallest absolute Gasteiger partial charge is 0.272 e. The van der Waals surface area contributed by atoms with Gasteiger partial charge in [0.05, 0.1) is 23.8 Å². The van der Waals surface area contributed by atoms with Crippen molar-refractivity contribution in [3.63, 3.8) is 0 Å². The molecule has 2 aromatic heterocycles. The van der Waals surface area contributed by atoms with Gasteiger partial charge in [-0.25, -0.2) is 4.98 Å². The van der Waals surface area contributed by atoms with Crippen LogP contribution in [0.25, 0.3) is 21.8 Å². The fraction of sp³-hybridized carbons (Fsp3) is 0.250. The molecule has 152 valence electrons. The van der Waals surface area contributed by atoms with E-state index in [1.807, 2.05) is 48.2 Å². The van der Waals surface area contributed by atoms with Crippen molar-refractivity contribution in [2.45, 2.75) is 6.92 Å². The number of rotatable bonds is 3. The first kappa shape index (κ1) is 18.5. The van der Waals surface area contributed by atoms with Crippen molar-refractivity contribution in [2.24, 2.45) is 0 Å². The van der Waals surface area contributed by atoms with Crippen molar-refractivity contribution in [3.8, 4) is 5.75 Å². The second-order valence-electron chi connectivity index (χ2n) is 7.70. The van der Waals surface area contributed by atoms with Crippen LogP contribution in [0.15, 0.2) is 54.6 Å². The molecule has 1 N–H and O–H groups in total. The third-order valence-corrected chi connectivity index (χ3v) is 5.81. The van der Waals surface area contributed by atoms with Gasteiger partial charge in [0.2, 0.25) is 0 Å². The first-order valence-electron chi connectivity index (χ1n) is 10.2. The maximum absolute atomic E-state index is 13.1. The predicted molar refractivity (Wildman–Crippen MR) is 119 cm³/mol. The molecular formula is C24H24N4O2. The minimum atomic E-state index is -0.00770. The van der Waals surface area contributed by atoms with E-state index in [0.29, 0.717) is 18.8 Å². The number of nitrogens with zero attached hydrogens (tertiary/aromatic N) is 3. The van der Waals surface area contributed by atoms with E-state index in [1.165, 1.54) is 0 Å². The number of fused-ring (bicyclic) bond motifs is 3. The lowest BCUT2D eigenvalue weighted by Gasteiger charge is -2.36. The number of ether oxygens (including phenoxy) is 1. The molecule has 0 unspecified atom stereocenters. The number of anilines is 1. The van der Waals surface area contributed by atoms with Gasteiger partial charge in [-0.1, -0.05) is 30.3 Å². The molecule has 0 atom stereocenters. The minimum absolute atomic E-state index is 0.00770. The number of pyridine rings is 1. The third kappa shape index (κ3) is 3.14. The first-order chi connectivity index (χ1) is 14.6. The zero-order chi connectivity index (χ0) is 20.7. The van der Waals surface area contributed by atoms with E-state index in [2.05, 4.69) is 28.1 Å². The summed E-state index contributed by atoms with van der Waals surface area (Å²) in [6.45, 7) is 4.87. The quantitative estimate of drug-likeness (QED) is 0.565. The number of aromatic nitrogens is 2. The molecule has 2 aromatic carbocycles. The highest BCUT2D eigenvalue weighted by Crippen LogP contribution is 2.29. The fourth-order valence-electron chi connectivity index (χ4n) is 4.20. The molecule has 6 nitrogen and oxygen atoms in total. The van der Waals surface area contributed by atoms with Gasteiger partial charge >= 0.3 is 0 Å². The second-order valence-corrected chi connectivity index (χ2v) is 7.70. The number of nitrogens with one attached hydrogen (secondary N) is 1. The lowest BCUT2D eigenvalue weighted by atomic mass is 10.1. The summed E-state index contributed by atoms with van der Waals surface area (Å²) in [6.07, 6.45) is 0. The van der Waals surface area contributed by atoms with Crippen molar-refractivity contribution >= 4 is 33.4 Å². The zero-order valence-electron chi connectivity index (χ0n) is 17.2. The predicted octanol–water partition coefficient (Wildman–Crippen LogP) is 4.00. The highest BCUT2D eigenvalue weighted by molar-refractivity contribution is 6.07. The number of benzene rings is 2. The number of piperazine rings is 1. The summed E-state index contributed by atoms with van der Waals surface area (Å²) in [6, 6.07) is 18.1. The maximum Gasteiger partial charge on any atom is 0.272 e. The van der Waals surface area contributed by atoms with Crippen LogP contribution in [0.5, 0.6) is 5.75 Å². The van der Waals surface area contributed by atoms with Crippen LogP contribution in [-0.4, -0.2) is 54.1 Å². The minimum Gasteiger partial charge on any atom is -0.495 e. The maximum atomic E-state index is 13.1. The molecule has 0 saturated carbocycles. The van der Waals surface area contributed by atoms with Crippen LogP contribution in [-0.2, 0) is 0 Å². The number of hydrogen-bond donors (Lipinski definition) is 1. The summed E-state index contributed by atoms with van der Waals surface area (Å²) in [5.74, 6) is 0.853. The van der Waals surface area contributed by atoms with Crippen LogP contribution in [0.3, 0.4) is 0 Å². The number of aryl methyl sites for hydroxylation is 1. The second kappa shape index (κ2) is 7.37. The van der Waals surface area contributed by atoms with Gasteiger partial charge in [0, 0.05) is 42.6 Å². The van der Waals surface area contributed by atoms with Crippen LogP contribution >= 0.6 is 0 Å². The molecule has 3 heterocycles. The first-order valence-corrected chi connectivity index (χ1v) is 10.2. The lowest BCUT2D eigenvalue weighted by Crippen LogP contribution is -2.49. The molecule has 5 rings (SSSR count). The average Bonchev–Trinajstić information content (AvgIpc) is 3.23.